The summed E-state index contributed by atoms with van der Waals surface area (Å²) in [6.45, 7) is -0.931. The number of hydrogen-bond donors (Lipinski definition) is 0. The number of ether oxygens (including phenoxy) is 1. The Morgan fingerprint density at radius 3 is 2.96 bits per heavy atom. The summed E-state index contributed by atoms with van der Waals surface area (Å²) in [5.41, 5.74) is 0.0313. The Bertz CT molecular complexity index is 950. The summed E-state index contributed by atoms with van der Waals surface area (Å²) in [5, 5.41) is 4.52. The van der Waals surface area contributed by atoms with Gasteiger partial charge in [0.15, 0.2) is 0 Å². The number of thiophene rings is 1. The highest BCUT2D eigenvalue weighted by Crippen LogP contribution is 2.21. The topological polar surface area (TPSA) is 56.5 Å². The van der Waals surface area contributed by atoms with Crippen molar-refractivity contribution in [3.8, 4) is 5.75 Å². The number of halogens is 2. The van der Waals surface area contributed by atoms with Crippen LogP contribution in [0.2, 0.25) is 0 Å². The molecule has 0 aliphatic rings. The molecule has 2 heterocycles. The van der Waals surface area contributed by atoms with Gasteiger partial charge in [0.1, 0.15) is 16.9 Å². The highest BCUT2D eigenvalue weighted by molar-refractivity contribution is 7.18. The molecule has 124 valence electrons. The van der Waals surface area contributed by atoms with Crippen LogP contribution in [0.4, 0.5) is 8.78 Å². The fourth-order valence-electron chi connectivity index (χ4n) is 2.13. The molecule has 0 amide bonds. The molecule has 8 heteroatoms. The Kier molecular flexibility index (Phi) is 4.66. The number of fused-ring (bicyclic) bond motifs is 1. The molecule has 0 aliphatic heterocycles. The van der Waals surface area contributed by atoms with E-state index in [4.69, 9.17) is 0 Å². The van der Waals surface area contributed by atoms with E-state index in [2.05, 4.69) is 14.8 Å². The lowest BCUT2D eigenvalue weighted by Gasteiger charge is -2.06. The molecule has 0 radical (unpaired) electrons. The quantitative estimate of drug-likeness (QED) is 0.663. The van der Waals surface area contributed by atoms with Gasteiger partial charge in [0.2, 0.25) is 0 Å². The van der Waals surface area contributed by atoms with Crippen molar-refractivity contribution >= 4 is 27.8 Å². The number of nitrogens with zero attached hydrogens (tertiary/aromatic N) is 3. The zero-order valence-corrected chi connectivity index (χ0v) is 13.5. The van der Waals surface area contributed by atoms with Gasteiger partial charge < -0.3 is 4.74 Å². The van der Waals surface area contributed by atoms with Crippen molar-refractivity contribution in [1.82, 2.24) is 9.66 Å². The predicted molar refractivity (Wildman–Crippen MR) is 89.3 cm³/mol. The maximum atomic E-state index is 12.4. The highest BCUT2D eigenvalue weighted by Gasteiger charge is 2.09. The van der Waals surface area contributed by atoms with Crippen LogP contribution in [-0.2, 0) is 6.42 Å². The number of rotatable bonds is 5. The van der Waals surface area contributed by atoms with Gasteiger partial charge >= 0.3 is 6.61 Å². The van der Waals surface area contributed by atoms with Crippen molar-refractivity contribution < 1.29 is 13.5 Å². The molecule has 24 heavy (non-hydrogen) atoms. The van der Waals surface area contributed by atoms with Crippen LogP contribution in [-0.4, -0.2) is 22.5 Å². The minimum atomic E-state index is -2.93. The fourth-order valence-corrected chi connectivity index (χ4v) is 3.06. The molecule has 3 aromatic rings. The van der Waals surface area contributed by atoms with Crippen molar-refractivity contribution in [3.63, 3.8) is 0 Å². The molecule has 0 saturated carbocycles. The zero-order valence-electron chi connectivity index (χ0n) is 12.6. The normalized spacial score (nSPS) is 11.7. The summed E-state index contributed by atoms with van der Waals surface area (Å²) in [7, 11) is 0. The molecule has 0 bridgehead atoms. The standard InChI is InChI=1S/C16H13F2N3O2S/c1-2-11-7-12-14(24-11)19-9-21(15(12)22)20-8-10-5-3-4-6-13(10)23-16(17)18/h3-9,16H,2H2,1H3/b20-8-. The number of alkyl halides is 2. The van der Waals surface area contributed by atoms with Crippen molar-refractivity contribution in [3.05, 3.63) is 57.5 Å². The van der Waals surface area contributed by atoms with Crippen LogP contribution in [0, 0.1) is 0 Å². The first-order chi connectivity index (χ1) is 11.6. The Morgan fingerprint density at radius 1 is 1.42 bits per heavy atom. The van der Waals surface area contributed by atoms with E-state index in [-0.39, 0.29) is 11.3 Å². The van der Waals surface area contributed by atoms with Crippen molar-refractivity contribution in [2.24, 2.45) is 5.10 Å². The molecule has 0 N–H and O–H groups in total. The molecule has 0 atom stereocenters. The van der Waals surface area contributed by atoms with Gasteiger partial charge in [-0.2, -0.15) is 18.6 Å². The second kappa shape index (κ2) is 6.88. The first-order valence-electron chi connectivity index (χ1n) is 7.16. The smallest absolute Gasteiger partial charge is 0.387 e. The number of aromatic nitrogens is 2. The van der Waals surface area contributed by atoms with Gasteiger partial charge in [0, 0.05) is 10.4 Å². The summed E-state index contributed by atoms with van der Waals surface area (Å²) in [6.07, 6.45) is 3.43. The molecular weight excluding hydrogens is 336 g/mol. The van der Waals surface area contributed by atoms with Crippen LogP contribution in [0.15, 0.2) is 46.6 Å². The van der Waals surface area contributed by atoms with E-state index < -0.39 is 6.61 Å². The average Bonchev–Trinajstić information content (AvgIpc) is 2.99. The monoisotopic (exact) mass is 349 g/mol. The molecule has 2 aromatic heterocycles. The average molecular weight is 349 g/mol. The summed E-state index contributed by atoms with van der Waals surface area (Å²) >= 11 is 1.46. The molecule has 0 aliphatic carbocycles. The summed E-state index contributed by atoms with van der Waals surface area (Å²) in [4.78, 5) is 18.3. The van der Waals surface area contributed by atoms with Crippen molar-refractivity contribution in [1.29, 1.82) is 0 Å². The van der Waals surface area contributed by atoms with E-state index in [9.17, 15) is 13.6 Å². The maximum absolute atomic E-state index is 12.4. The van der Waals surface area contributed by atoms with Crippen LogP contribution in [0.3, 0.4) is 0 Å². The largest absolute Gasteiger partial charge is 0.434 e. The third-order valence-electron chi connectivity index (χ3n) is 3.29. The fraction of sp³-hybridized carbons (Fsp3) is 0.188. The minimum absolute atomic E-state index is 0.0119. The molecule has 0 unspecified atom stereocenters. The van der Waals surface area contributed by atoms with Gasteiger partial charge in [-0.1, -0.05) is 19.1 Å². The lowest BCUT2D eigenvalue weighted by molar-refractivity contribution is -0.0499. The number of aryl methyl sites for hydroxylation is 1. The van der Waals surface area contributed by atoms with Crippen molar-refractivity contribution in [2.45, 2.75) is 20.0 Å². The van der Waals surface area contributed by atoms with Crippen molar-refractivity contribution in [2.75, 3.05) is 0 Å². The maximum Gasteiger partial charge on any atom is 0.387 e. The van der Waals surface area contributed by atoms with Gasteiger partial charge in [-0.25, -0.2) is 4.98 Å². The zero-order chi connectivity index (χ0) is 17.1. The third-order valence-corrected chi connectivity index (χ3v) is 4.48. The molecule has 0 fully saturated rings. The first kappa shape index (κ1) is 16.3. The Labute approximate surface area is 139 Å². The first-order valence-corrected chi connectivity index (χ1v) is 7.98. The summed E-state index contributed by atoms with van der Waals surface area (Å²) in [5.74, 6) is -0.0119. The van der Waals surface area contributed by atoms with Gasteiger partial charge in [-0.3, -0.25) is 4.79 Å². The van der Waals surface area contributed by atoms with Crippen LogP contribution in [0.25, 0.3) is 10.2 Å². The molecule has 1 aromatic carbocycles. The van der Waals surface area contributed by atoms with Gasteiger partial charge in [-0.15, -0.1) is 11.3 Å². The lowest BCUT2D eigenvalue weighted by Crippen LogP contribution is -2.16. The molecular formula is C16H13F2N3O2S. The van der Waals surface area contributed by atoms with E-state index >= 15 is 0 Å². The van der Waals surface area contributed by atoms with Crippen LogP contribution < -0.4 is 10.3 Å². The number of para-hydroxylation sites is 1. The van der Waals surface area contributed by atoms with Gasteiger partial charge in [0.05, 0.1) is 11.6 Å². The SMILES string of the molecule is CCc1cc2c(=O)n(/N=C\c3ccccc3OC(F)F)cnc2s1. The van der Waals surface area contributed by atoms with Crippen LogP contribution >= 0.6 is 11.3 Å². The van der Waals surface area contributed by atoms with Gasteiger partial charge in [-0.05, 0) is 24.6 Å². The van der Waals surface area contributed by atoms with E-state index in [1.165, 1.54) is 29.9 Å². The molecule has 0 spiro atoms. The Morgan fingerprint density at radius 2 is 2.21 bits per heavy atom. The number of hydrogen-bond acceptors (Lipinski definition) is 5. The highest BCUT2D eigenvalue weighted by atomic mass is 32.1. The second-order valence-corrected chi connectivity index (χ2v) is 5.96. The lowest BCUT2D eigenvalue weighted by atomic mass is 10.2. The van der Waals surface area contributed by atoms with Crippen LogP contribution in [0.1, 0.15) is 17.4 Å². The Balaban J connectivity index is 1.97. The van der Waals surface area contributed by atoms with E-state index in [1.807, 2.05) is 6.92 Å². The van der Waals surface area contributed by atoms with E-state index in [0.29, 0.717) is 15.8 Å². The third kappa shape index (κ3) is 3.33. The summed E-state index contributed by atoms with van der Waals surface area (Å²) in [6, 6.07) is 8.01. The Hall–Kier alpha value is -2.61. The van der Waals surface area contributed by atoms with E-state index in [0.717, 1.165) is 16.0 Å². The van der Waals surface area contributed by atoms with Crippen LogP contribution in [0.5, 0.6) is 5.75 Å². The summed E-state index contributed by atoms with van der Waals surface area (Å²) < 4.78 is 30.3. The van der Waals surface area contributed by atoms with E-state index in [1.54, 1.807) is 24.3 Å². The molecule has 0 saturated heterocycles. The molecule has 5 nitrogen and oxygen atoms in total. The molecule has 3 rings (SSSR count). The predicted octanol–water partition coefficient (Wildman–Crippen LogP) is 3.50. The van der Waals surface area contributed by atoms with Gasteiger partial charge in [0.25, 0.3) is 5.56 Å². The minimum Gasteiger partial charge on any atom is -0.434 e. The second-order valence-electron chi connectivity index (χ2n) is 4.84. The number of benzene rings is 1.